The van der Waals surface area contributed by atoms with Crippen LogP contribution < -0.4 is 5.32 Å². The van der Waals surface area contributed by atoms with Gasteiger partial charge in [-0.3, -0.25) is 9.88 Å². The minimum absolute atomic E-state index is 0.621. The first kappa shape index (κ1) is 12.5. The van der Waals surface area contributed by atoms with Gasteiger partial charge in [0.05, 0.1) is 0 Å². The summed E-state index contributed by atoms with van der Waals surface area (Å²) in [6.07, 6.45) is 6.44. The lowest BCUT2D eigenvalue weighted by molar-refractivity contribution is 0.147. The molecule has 0 amide bonds. The fourth-order valence-corrected chi connectivity index (χ4v) is 2.63. The molecule has 17 heavy (non-hydrogen) atoms. The van der Waals surface area contributed by atoms with Gasteiger partial charge in [0.15, 0.2) is 0 Å². The van der Waals surface area contributed by atoms with Gasteiger partial charge in [-0.1, -0.05) is 0 Å². The number of nitrogens with zero attached hydrogens (tertiary/aromatic N) is 2. The minimum Gasteiger partial charge on any atom is -0.317 e. The molecule has 2 heterocycles. The van der Waals surface area contributed by atoms with Gasteiger partial charge >= 0.3 is 0 Å². The Hall–Kier alpha value is -0.930. The SMILES string of the molecule is CNC(C)C1CCCN(Cc2ccncc2)C1. The van der Waals surface area contributed by atoms with Crippen LogP contribution >= 0.6 is 0 Å². The van der Waals surface area contributed by atoms with Gasteiger partial charge in [0.1, 0.15) is 0 Å². The van der Waals surface area contributed by atoms with Crippen LogP contribution in [0.2, 0.25) is 0 Å². The molecule has 1 aliphatic rings. The van der Waals surface area contributed by atoms with E-state index in [9.17, 15) is 0 Å². The Bertz CT molecular complexity index is 325. The van der Waals surface area contributed by atoms with Gasteiger partial charge in [-0.25, -0.2) is 0 Å². The number of likely N-dealkylation sites (tertiary alicyclic amines) is 1. The van der Waals surface area contributed by atoms with Crippen LogP contribution in [0.1, 0.15) is 25.3 Å². The molecule has 0 saturated carbocycles. The molecule has 0 aliphatic carbocycles. The summed E-state index contributed by atoms with van der Waals surface area (Å²) in [5.74, 6) is 0.788. The lowest BCUT2D eigenvalue weighted by atomic mass is 9.91. The van der Waals surface area contributed by atoms with E-state index in [1.807, 2.05) is 12.4 Å². The van der Waals surface area contributed by atoms with Crippen LogP contribution in [-0.4, -0.2) is 36.1 Å². The minimum atomic E-state index is 0.621. The summed E-state index contributed by atoms with van der Waals surface area (Å²) in [4.78, 5) is 6.63. The van der Waals surface area contributed by atoms with Crippen molar-refractivity contribution in [1.29, 1.82) is 0 Å². The maximum atomic E-state index is 4.07. The second-order valence-corrected chi connectivity index (χ2v) is 5.07. The van der Waals surface area contributed by atoms with Gasteiger partial charge in [-0.05, 0) is 57.0 Å². The van der Waals surface area contributed by atoms with Crippen LogP contribution in [0.15, 0.2) is 24.5 Å². The lowest BCUT2D eigenvalue weighted by Gasteiger charge is -2.35. The fraction of sp³-hybridized carbons (Fsp3) is 0.643. The summed E-state index contributed by atoms with van der Waals surface area (Å²) < 4.78 is 0. The molecule has 3 nitrogen and oxygen atoms in total. The second-order valence-electron chi connectivity index (χ2n) is 5.07. The third-order valence-electron chi connectivity index (χ3n) is 3.86. The maximum absolute atomic E-state index is 4.07. The van der Waals surface area contributed by atoms with Crippen LogP contribution in [0.25, 0.3) is 0 Å². The molecule has 2 atom stereocenters. The maximum Gasteiger partial charge on any atom is 0.0271 e. The van der Waals surface area contributed by atoms with E-state index in [0.717, 1.165) is 12.5 Å². The number of rotatable bonds is 4. The topological polar surface area (TPSA) is 28.2 Å². The Morgan fingerprint density at radius 1 is 1.47 bits per heavy atom. The lowest BCUT2D eigenvalue weighted by Crippen LogP contribution is -2.43. The third kappa shape index (κ3) is 3.51. The average molecular weight is 233 g/mol. The van der Waals surface area contributed by atoms with E-state index in [0.29, 0.717) is 6.04 Å². The van der Waals surface area contributed by atoms with Crippen molar-refractivity contribution in [3.05, 3.63) is 30.1 Å². The Labute approximate surface area is 104 Å². The molecule has 1 aromatic rings. The molecule has 1 saturated heterocycles. The normalized spacial score (nSPS) is 23.5. The molecule has 2 rings (SSSR count). The molecular weight excluding hydrogens is 210 g/mol. The third-order valence-corrected chi connectivity index (χ3v) is 3.86. The molecule has 3 heteroatoms. The van der Waals surface area contributed by atoms with E-state index < -0.39 is 0 Å². The summed E-state index contributed by atoms with van der Waals surface area (Å²) in [6.45, 7) is 5.80. The van der Waals surface area contributed by atoms with Crippen molar-refractivity contribution in [3.63, 3.8) is 0 Å². The van der Waals surface area contributed by atoms with Gasteiger partial charge in [0.2, 0.25) is 0 Å². The molecule has 0 spiro atoms. The average Bonchev–Trinajstić information content (AvgIpc) is 2.39. The van der Waals surface area contributed by atoms with Crippen LogP contribution in [0.5, 0.6) is 0 Å². The fourth-order valence-electron chi connectivity index (χ4n) is 2.63. The zero-order valence-corrected chi connectivity index (χ0v) is 10.9. The van der Waals surface area contributed by atoms with E-state index in [1.54, 1.807) is 0 Å². The van der Waals surface area contributed by atoms with Gasteiger partial charge < -0.3 is 5.32 Å². The smallest absolute Gasteiger partial charge is 0.0271 e. The monoisotopic (exact) mass is 233 g/mol. The van der Waals surface area contributed by atoms with Gasteiger partial charge in [-0.2, -0.15) is 0 Å². The van der Waals surface area contributed by atoms with Crippen molar-refractivity contribution in [2.45, 2.75) is 32.4 Å². The van der Waals surface area contributed by atoms with Gasteiger partial charge in [0.25, 0.3) is 0 Å². The summed E-state index contributed by atoms with van der Waals surface area (Å²) in [5.41, 5.74) is 1.37. The Kier molecular flexibility index (Phi) is 4.51. The van der Waals surface area contributed by atoms with Crippen molar-refractivity contribution in [3.8, 4) is 0 Å². The first-order valence-corrected chi connectivity index (χ1v) is 6.58. The van der Waals surface area contributed by atoms with E-state index in [4.69, 9.17) is 0 Å². The molecule has 0 radical (unpaired) electrons. The predicted octanol–water partition coefficient (Wildman–Crippen LogP) is 1.90. The van der Waals surface area contributed by atoms with Crippen molar-refractivity contribution >= 4 is 0 Å². The first-order chi connectivity index (χ1) is 8.29. The standard InChI is InChI=1S/C14H23N3/c1-12(15-2)14-4-3-9-17(11-14)10-13-5-7-16-8-6-13/h5-8,12,14-15H,3-4,9-11H2,1-2H3. The Balaban J connectivity index is 1.89. The van der Waals surface area contributed by atoms with E-state index in [-0.39, 0.29) is 0 Å². The Morgan fingerprint density at radius 3 is 2.94 bits per heavy atom. The highest BCUT2D eigenvalue weighted by Crippen LogP contribution is 2.21. The van der Waals surface area contributed by atoms with Gasteiger partial charge in [0, 0.05) is 31.5 Å². The number of hydrogen-bond donors (Lipinski definition) is 1. The Morgan fingerprint density at radius 2 is 2.24 bits per heavy atom. The molecule has 0 aromatic carbocycles. The highest BCUT2D eigenvalue weighted by molar-refractivity contribution is 5.09. The van der Waals surface area contributed by atoms with E-state index >= 15 is 0 Å². The van der Waals surface area contributed by atoms with E-state index in [2.05, 4.69) is 41.3 Å². The molecule has 1 fully saturated rings. The quantitative estimate of drug-likeness (QED) is 0.861. The van der Waals surface area contributed by atoms with Gasteiger partial charge in [-0.15, -0.1) is 0 Å². The molecular formula is C14H23N3. The molecule has 1 aromatic heterocycles. The van der Waals surface area contributed by atoms with Crippen LogP contribution in [0.4, 0.5) is 0 Å². The molecule has 2 unspecified atom stereocenters. The summed E-state index contributed by atoms with van der Waals surface area (Å²) in [6, 6.07) is 4.85. The van der Waals surface area contributed by atoms with Crippen LogP contribution in [0.3, 0.4) is 0 Å². The number of piperidine rings is 1. The summed E-state index contributed by atoms with van der Waals surface area (Å²) in [7, 11) is 2.06. The van der Waals surface area contributed by atoms with Crippen LogP contribution in [-0.2, 0) is 6.54 Å². The first-order valence-electron chi connectivity index (χ1n) is 6.58. The zero-order chi connectivity index (χ0) is 12.1. The predicted molar refractivity (Wildman–Crippen MR) is 70.8 cm³/mol. The zero-order valence-electron chi connectivity index (χ0n) is 10.9. The van der Waals surface area contributed by atoms with Crippen molar-refractivity contribution in [2.75, 3.05) is 20.1 Å². The summed E-state index contributed by atoms with van der Waals surface area (Å²) >= 11 is 0. The van der Waals surface area contributed by atoms with Crippen LogP contribution in [0, 0.1) is 5.92 Å². The molecule has 1 aliphatic heterocycles. The highest BCUT2D eigenvalue weighted by atomic mass is 15.1. The van der Waals surface area contributed by atoms with Crippen molar-refractivity contribution in [1.82, 2.24) is 15.2 Å². The van der Waals surface area contributed by atoms with E-state index in [1.165, 1.54) is 31.5 Å². The molecule has 94 valence electrons. The largest absolute Gasteiger partial charge is 0.317 e. The number of pyridine rings is 1. The van der Waals surface area contributed by atoms with Crippen molar-refractivity contribution < 1.29 is 0 Å². The highest BCUT2D eigenvalue weighted by Gasteiger charge is 2.23. The van der Waals surface area contributed by atoms with Crippen molar-refractivity contribution in [2.24, 2.45) is 5.92 Å². The number of nitrogens with one attached hydrogen (secondary N) is 1. The number of aromatic nitrogens is 1. The number of hydrogen-bond acceptors (Lipinski definition) is 3. The molecule has 0 bridgehead atoms. The second kappa shape index (κ2) is 6.12. The summed E-state index contributed by atoms with van der Waals surface area (Å²) in [5, 5.41) is 3.38. The molecule has 1 N–H and O–H groups in total.